The van der Waals surface area contributed by atoms with Gasteiger partial charge in [-0.25, -0.2) is 0 Å². The average Bonchev–Trinajstić information content (AvgIpc) is 2.32. The second kappa shape index (κ2) is 3.24. The first-order valence-electron chi connectivity index (χ1n) is 3.83. The van der Waals surface area contributed by atoms with Crippen LogP contribution in [0.2, 0.25) is 0 Å². The number of aromatic nitrogens is 1. The van der Waals surface area contributed by atoms with Crippen molar-refractivity contribution >= 4 is 16.5 Å². The van der Waals surface area contributed by atoms with Crippen LogP contribution in [-0.2, 0) is 6.42 Å². The van der Waals surface area contributed by atoms with Crippen LogP contribution in [0.1, 0.15) is 26.5 Å². The molecule has 1 aromatic heterocycles. The van der Waals surface area contributed by atoms with E-state index in [0.717, 1.165) is 12.1 Å². The van der Waals surface area contributed by atoms with Crippen molar-refractivity contribution in [2.75, 3.05) is 0 Å². The summed E-state index contributed by atoms with van der Waals surface area (Å²) in [7, 11) is 0. The van der Waals surface area contributed by atoms with Gasteiger partial charge in [0.2, 0.25) is 0 Å². The van der Waals surface area contributed by atoms with E-state index >= 15 is 0 Å². The lowest BCUT2D eigenvalue weighted by atomic mass is 9.91. The number of nitrogens with zero attached hydrogens (tertiary/aromatic N) is 2. The van der Waals surface area contributed by atoms with Crippen molar-refractivity contribution in [3.63, 3.8) is 0 Å². The molecule has 0 amide bonds. The Kier molecular flexibility index (Phi) is 2.49. The fourth-order valence-corrected chi connectivity index (χ4v) is 1.57. The molecule has 12 heavy (non-hydrogen) atoms. The summed E-state index contributed by atoms with van der Waals surface area (Å²) in [4.78, 5) is 7.46. The zero-order valence-electron chi connectivity index (χ0n) is 7.59. The van der Waals surface area contributed by atoms with Gasteiger partial charge < -0.3 is 4.85 Å². The Bertz CT molecular complexity index is 301. The summed E-state index contributed by atoms with van der Waals surface area (Å²) in [6, 6.07) is 0. The maximum absolute atomic E-state index is 6.76. The molecule has 0 saturated heterocycles. The topological polar surface area (TPSA) is 17.2 Å². The molecular formula is C9H12N2S. The van der Waals surface area contributed by atoms with Crippen LogP contribution in [0.25, 0.3) is 4.85 Å². The molecule has 0 unspecified atom stereocenters. The summed E-state index contributed by atoms with van der Waals surface area (Å²) < 4.78 is 0. The Labute approximate surface area is 77.1 Å². The van der Waals surface area contributed by atoms with Gasteiger partial charge in [0.25, 0.3) is 0 Å². The van der Waals surface area contributed by atoms with E-state index in [0.29, 0.717) is 5.13 Å². The Morgan fingerprint density at radius 1 is 1.58 bits per heavy atom. The van der Waals surface area contributed by atoms with Gasteiger partial charge >= 0.3 is 5.13 Å². The van der Waals surface area contributed by atoms with Gasteiger partial charge in [0.15, 0.2) is 0 Å². The van der Waals surface area contributed by atoms with E-state index in [1.165, 1.54) is 11.3 Å². The van der Waals surface area contributed by atoms with E-state index in [4.69, 9.17) is 6.57 Å². The van der Waals surface area contributed by atoms with Crippen LogP contribution >= 0.6 is 11.3 Å². The second-order valence-corrected chi connectivity index (χ2v) is 4.81. The van der Waals surface area contributed by atoms with Crippen LogP contribution in [0.4, 0.5) is 5.13 Å². The molecule has 64 valence electrons. The van der Waals surface area contributed by atoms with Gasteiger partial charge in [-0.05, 0) is 5.41 Å². The fourth-order valence-electron chi connectivity index (χ4n) is 0.972. The minimum atomic E-state index is 0.257. The van der Waals surface area contributed by atoms with Crippen molar-refractivity contribution in [3.8, 4) is 0 Å². The monoisotopic (exact) mass is 180 g/mol. The third-order valence-corrected chi connectivity index (χ3v) is 2.13. The van der Waals surface area contributed by atoms with Gasteiger partial charge in [-0.3, -0.25) is 0 Å². The minimum Gasteiger partial charge on any atom is -0.351 e. The highest BCUT2D eigenvalue weighted by molar-refractivity contribution is 7.13. The highest BCUT2D eigenvalue weighted by atomic mass is 32.1. The number of hydrogen-bond acceptors (Lipinski definition) is 2. The van der Waals surface area contributed by atoms with E-state index in [9.17, 15) is 0 Å². The quantitative estimate of drug-likeness (QED) is 0.606. The number of hydrogen-bond donors (Lipinski definition) is 0. The summed E-state index contributed by atoms with van der Waals surface area (Å²) in [5.41, 5.74) is 1.30. The predicted molar refractivity (Wildman–Crippen MR) is 51.5 cm³/mol. The molecule has 2 nitrogen and oxygen atoms in total. The highest BCUT2D eigenvalue weighted by Gasteiger charge is 2.15. The van der Waals surface area contributed by atoms with Crippen LogP contribution in [0.15, 0.2) is 5.38 Å². The maximum atomic E-state index is 6.76. The summed E-state index contributed by atoms with van der Waals surface area (Å²) in [5.74, 6) is 0. The first kappa shape index (κ1) is 9.21. The fraction of sp³-hybridized carbons (Fsp3) is 0.556. The highest BCUT2D eigenvalue weighted by Crippen LogP contribution is 2.24. The third-order valence-electron chi connectivity index (χ3n) is 1.35. The normalized spacial score (nSPS) is 11.2. The molecule has 0 fully saturated rings. The van der Waals surface area contributed by atoms with Crippen LogP contribution in [0.3, 0.4) is 0 Å². The Balaban J connectivity index is 2.72. The molecule has 0 aromatic carbocycles. The van der Waals surface area contributed by atoms with Gasteiger partial charge in [0, 0.05) is 11.8 Å². The smallest absolute Gasteiger partial charge is 0.329 e. The van der Waals surface area contributed by atoms with Gasteiger partial charge in [0.1, 0.15) is 5.69 Å². The van der Waals surface area contributed by atoms with Crippen molar-refractivity contribution in [1.82, 2.24) is 4.98 Å². The van der Waals surface area contributed by atoms with Crippen LogP contribution in [0.5, 0.6) is 0 Å². The molecule has 1 heterocycles. The molecule has 0 aliphatic carbocycles. The SMILES string of the molecule is [C-]#[N+]c1nc(CC(C)(C)C)cs1. The molecular weight excluding hydrogens is 168 g/mol. The molecule has 0 radical (unpaired) electrons. The Hall–Kier alpha value is -0.880. The molecule has 0 N–H and O–H groups in total. The second-order valence-electron chi connectivity index (χ2n) is 3.97. The molecule has 0 saturated carbocycles. The lowest BCUT2D eigenvalue weighted by Crippen LogP contribution is -2.08. The summed E-state index contributed by atoms with van der Waals surface area (Å²) in [6.45, 7) is 13.3. The molecule has 1 rings (SSSR count). The molecule has 0 aliphatic heterocycles. The molecule has 3 heteroatoms. The zero-order chi connectivity index (χ0) is 9.19. The summed E-state index contributed by atoms with van der Waals surface area (Å²) in [6.07, 6.45) is 0.943. The predicted octanol–water partition coefficient (Wildman–Crippen LogP) is 3.28. The standard InChI is InChI=1S/C9H12N2S/c1-9(2,3)5-7-6-12-8(10-4)11-7/h6H,5H2,1-3H3. The zero-order valence-corrected chi connectivity index (χ0v) is 8.40. The lowest BCUT2D eigenvalue weighted by molar-refractivity contribution is 0.407. The average molecular weight is 180 g/mol. The van der Waals surface area contributed by atoms with E-state index in [2.05, 4.69) is 30.6 Å². The van der Waals surface area contributed by atoms with Crippen LogP contribution in [-0.4, -0.2) is 4.98 Å². The largest absolute Gasteiger partial charge is 0.351 e. The van der Waals surface area contributed by atoms with Gasteiger partial charge in [-0.15, -0.1) is 16.3 Å². The first-order valence-corrected chi connectivity index (χ1v) is 4.71. The Morgan fingerprint density at radius 2 is 2.25 bits per heavy atom. The van der Waals surface area contributed by atoms with Crippen LogP contribution < -0.4 is 0 Å². The van der Waals surface area contributed by atoms with E-state index in [-0.39, 0.29) is 5.41 Å². The van der Waals surface area contributed by atoms with Crippen molar-refractivity contribution in [1.29, 1.82) is 0 Å². The lowest BCUT2D eigenvalue weighted by Gasteiger charge is -2.14. The van der Waals surface area contributed by atoms with E-state index in [1.54, 1.807) is 0 Å². The van der Waals surface area contributed by atoms with Gasteiger partial charge in [-0.1, -0.05) is 27.3 Å². The minimum absolute atomic E-state index is 0.257. The molecule has 0 aliphatic rings. The van der Waals surface area contributed by atoms with E-state index < -0.39 is 0 Å². The van der Waals surface area contributed by atoms with Crippen molar-refractivity contribution < 1.29 is 0 Å². The molecule has 0 atom stereocenters. The number of thiazole rings is 1. The van der Waals surface area contributed by atoms with Crippen molar-refractivity contribution in [2.45, 2.75) is 27.2 Å². The van der Waals surface area contributed by atoms with Crippen molar-refractivity contribution in [3.05, 3.63) is 22.5 Å². The van der Waals surface area contributed by atoms with E-state index in [1.807, 2.05) is 5.38 Å². The maximum Gasteiger partial charge on any atom is 0.329 e. The van der Waals surface area contributed by atoms with Crippen molar-refractivity contribution in [2.24, 2.45) is 5.41 Å². The Morgan fingerprint density at radius 3 is 2.67 bits per heavy atom. The summed E-state index contributed by atoms with van der Waals surface area (Å²) >= 11 is 1.42. The molecule has 1 aromatic rings. The third kappa shape index (κ3) is 2.63. The first-order chi connectivity index (χ1) is 5.51. The molecule has 0 bridgehead atoms. The van der Waals surface area contributed by atoms with Crippen LogP contribution in [0, 0.1) is 12.0 Å². The molecule has 0 spiro atoms. The van der Waals surface area contributed by atoms with Gasteiger partial charge in [0.05, 0.1) is 0 Å². The number of rotatable bonds is 1. The van der Waals surface area contributed by atoms with Gasteiger partial charge in [-0.2, -0.15) is 0 Å². The summed E-state index contributed by atoms with van der Waals surface area (Å²) in [5, 5.41) is 2.52.